The van der Waals surface area contributed by atoms with E-state index < -0.39 is 10.0 Å². The summed E-state index contributed by atoms with van der Waals surface area (Å²) in [6.45, 7) is 5.01. The molecule has 1 saturated heterocycles. The molecule has 7 heteroatoms. The second kappa shape index (κ2) is 10.8. The minimum absolute atomic E-state index is 0.215. The molecule has 0 radical (unpaired) electrons. The minimum atomic E-state index is -3.58. The fourth-order valence-corrected chi connectivity index (χ4v) is 6.39. The molecule has 182 valence electrons. The summed E-state index contributed by atoms with van der Waals surface area (Å²) >= 11 is 0. The highest BCUT2D eigenvalue weighted by atomic mass is 32.2. The quantitative estimate of drug-likeness (QED) is 0.607. The zero-order valence-corrected chi connectivity index (χ0v) is 21.2. The van der Waals surface area contributed by atoms with Gasteiger partial charge in [0.1, 0.15) is 0 Å². The van der Waals surface area contributed by atoms with Crippen molar-refractivity contribution < 1.29 is 8.42 Å². The molecule has 0 aromatic heterocycles. The number of likely N-dealkylation sites (tertiary alicyclic amines) is 1. The third kappa shape index (κ3) is 5.71. The van der Waals surface area contributed by atoms with Crippen LogP contribution < -0.4 is 5.32 Å². The van der Waals surface area contributed by atoms with Crippen LogP contribution in [0, 0.1) is 5.92 Å². The van der Waals surface area contributed by atoms with E-state index in [2.05, 4.69) is 41.5 Å². The van der Waals surface area contributed by atoms with Crippen molar-refractivity contribution in [2.24, 2.45) is 5.92 Å². The molecule has 1 unspecified atom stereocenters. The molecule has 2 heterocycles. The molecule has 34 heavy (non-hydrogen) atoms. The second-order valence-corrected chi connectivity index (χ2v) is 11.3. The van der Waals surface area contributed by atoms with Crippen LogP contribution in [0.25, 0.3) is 0 Å². The molecular weight excluding hydrogens is 444 g/mol. The molecule has 1 N–H and O–H groups in total. The average Bonchev–Trinajstić information content (AvgIpc) is 2.85. The Balaban J connectivity index is 1.42. The van der Waals surface area contributed by atoms with E-state index in [1.807, 2.05) is 36.4 Å². The molecule has 2 aromatic rings. The first kappa shape index (κ1) is 24.5. The van der Waals surface area contributed by atoms with Crippen LogP contribution in [0.15, 0.2) is 89.4 Å². The zero-order valence-electron chi connectivity index (χ0n) is 20.4. The van der Waals surface area contributed by atoms with E-state index in [-0.39, 0.29) is 6.04 Å². The van der Waals surface area contributed by atoms with Crippen molar-refractivity contribution in [3.8, 4) is 0 Å². The lowest BCUT2D eigenvalue weighted by molar-refractivity contribution is 0.179. The van der Waals surface area contributed by atoms with E-state index in [1.54, 1.807) is 35.6 Å². The van der Waals surface area contributed by atoms with Gasteiger partial charge in [-0.3, -0.25) is 0 Å². The summed E-state index contributed by atoms with van der Waals surface area (Å²) in [7, 11) is 0.197. The predicted molar refractivity (Wildman–Crippen MR) is 137 cm³/mol. The number of hydrogen-bond donors (Lipinski definition) is 1. The highest BCUT2D eigenvalue weighted by molar-refractivity contribution is 7.89. The summed E-state index contributed by atoms with van der Waals surface area (Å²) in [5.41, 5.74) is 3.51. The lowest BCUT2D eigenvalue weighted by Gasteiger charge is -2.36. The van der Waals surface area contributed by atoms with Gasteiger partial charge >= 0.3 is 0 Å². The molecular formula is C27H36N4O2S. The number of hydrogen-bond acceptors (Lipinski definition) is 5. The second-order valence-electron chi connectivity index (χ2n) is 9.35. The van der Waals surface area contributed by atoms with Gasteiger partial charge in [0.05, 0.1) is 10.9 Å². The highest BCUT2D eigenvalue weighted by Gasteiger charge is 2.30. The largest absolute Gasteiger partial charge is 0.360 e. The average molecular weight is 481 g/mol. The molecule has 2 aliphatic heterocycles. The molecule has 4 rings (SSSR count). The lowest BCUT2D eigenvalue weighted by Crippen LogP contribution is -2.39. The maximum absolute atomic E-state index is 13.4. The Morgan fingerprint density at radius 2 is 1.62 bits per heavy atom. The summed E-state index contributed by atoms with van der Waals surface area (Å²) < 4.78 is 28.3. The minimum Gasteiger partial charge on any atom is -0.360 e. The molecule has 0 amide bonds. The van der Waals surface area contributed by atoms with Gasteiger partial charge in [0.15, 0.2) is 0 Å². The van der Waals surface area contributed by atoms with Crippen molar-refractivity contribution in [1.82, 2.24) is 19.4 Å². The van der Waals surface area contributed by atoms with Gasteiger partial charge in [-0.25, -0.2) is 8.42 Å². The molecule has 2 aromatic carbocycles. The molecule has 2 aliphatic rings. The van der Waals surface area contributed by atoms with Crippen LogP contribution in [0.4, 0.5) is 0 Å². The van der Waals surface area contributed by atoms with Crippen LogP contribution in [0.2, 0.25) is 0 Å². The molecule has 6 nitrogen and oxygen atoms in total. The fraction of sp³-hybridized carbons (Fsp3) is 0.407. The number of piperidine rings is 1. The highest BCUT2D eigenvalue weighted by Crippen LogP contribution is 2.31. The van der Waals surface area contributed by atoms with Crippen molar-refractivity contribution >= 4 is 10.0 Å². The van der Waals surface area contributed by atoms with Crippen molar-refractivity contribution in [1.29, 1.82) is 0 Å². The Labute approximate surface area is 204 Å². The van der Waals surface area contributed by atoms with E-state index in [9.17, 15) is 8.42 Å². The maximum atomic E-state index is 13.4. The Bertz CT molecular complexity index is 1110. The van der Waals surface area contributed by atoms with E-state index in [0.29, 0.717) is 10.8 Å². The van der Waals surface area contributed by atoms with Crippen molar-refractivity contribution in [3.63, 3.8) is 0 Å². The first-order valence-corrected chi connectivity index (χ1v) is 13.5. The van der Waals surface area contributed by atoms with E-state index in [4.69, 9.17) is 0 Å². The Morgan fingerprint density at radius 1 is 1.00 bits per heavy atom. The molecule has 0 saturated carbocycles. The Morgan fingerprint density at radius 3 is 2.24 bits per heavy atom. The smallest absolute Gasteiger partial charge is 0.243 e. The van der Waals surface area contributed by atoms with Gasteiger partial charge in [-0.2, -0.15) is 4.31 Å². The Hall–Kier alpha value is -2.61. The van der Waals surface area contributed by atoms with Crippen LogP contribution in [-0.2, 0) is 10.0 Å². The maximum Gasteiger partial charge on any atom is 0.243 e. The van der Waals surface area contributed by atoms with Crippen LogP contribution in [0.3, 0.4) is 0 Å². The molecule has 0 bridgehead atoms. The number of sulfonamides is 1. The van der Waals surface area contributed by atoms with Crippen LogP contribution in [0.1, 0.15) is 37.8 Å². The number of rotatable bonds is 8. The third-order valence-electron chi connectivity index (χ3n) is 6.87. The first-order chi connectivity index (χ1) is 16.3. The van der Waals surface area contributed by atoms with Crippen LogP contribution >= 0.6 is 0 Å². The molecule has 0 aliphatic carbocycles. The van der Waals surface area contributed by atoms with Gasteiger partial charge in [-0.05, 0) is 63.5 Å². The Kier molecular flexibility index (Phi) is 7.76. The van der Waals surface area contributed by atoms with Crippen LogP contribution in [0.5, 0.6) is 0 Å². The van der Waals surface area contributed by atoms with Gasteiger partial charge in [0.25, 0.3) is 0 Å². The summed E-state index contributed by atoms with van der Waals surface area (Å²) in [5.74, 6) is 0.536. The van der Waals surface area contributed by atoms with Crippen molar-refractivity contribution in [2.75, 3.05) is 33.7 Å². The normalized spacial score (nSPS) is 18.9. The van der Waals surface area contributed by atoms with Crippen molar-refractivity contribution in [2.45, 2.75) is 37.1 Å². The number of nitrogens with one attached hydrogen (secondary N) is 1. The SMILES string of the molecule is CC1=CN(C)C=C(C2CCN(CCC(c3ccccc3)N(C)S(=O)(=O)c3ccccc3)CC2)N1. The molecule has 1 atom stereocenters. The van der Waals surface area contributed by atoms with Crippen molar-refractivity contribution in [3.05, 3.63) is 90.0 Å². The van der Waals surface area contributed by atoms with E-state index in [1.165, 1.54) is 11.4 Å². The van der Waals surface area contributed by atoms with Gasteiger partial charge in [0, 0.05) is 43.8 Å². The van der Waals surface area contributed by atoms with E-state index >= 15 is 0 Å². The third-order valence-corrected chi connectivity index (χ3v) is 8.75. The lowest BCUT2D eigenvalue weighted by atomic mass is 9.92. The summed E-state index contributed by atoms with van der Waals surface area (Å²) in [4.78, 5) is 4.94. The van der Waals surface area contributed by atoms with Gasteiger partial charge in [0.2, 0.25) is 10.0 Å². The summed E-state index contributed by atoms with van der Waals surface area (Å²) in [5, 5.41) is 3.54. The predicted octanol–water partition coefficient (Wildman–Crippen LogP) is 4.39. The molecule has 0 spiro atoms. The first-order valence-electron chi connectivity index (χ1n) is 12.0. The zero-order chi connectivity index (χ0) is 24.1. The van der Waals surface area contributed by atoms with Gasteiger partial charge < -0.3 is 15.1 Å². The topological polar surface area (TPSA) is 55.9 Å². The fourth-order valence-electron chi connectivity index (χ4n) is 4.99. The monoisotopic (exact) mass is 480 g/mol. The number of nitrogens with zero attached hydrogens (tertiary/aromatic N) is 3. The van der Waals surface area contributed by atoms with E-state index in [0.717, 1.165) is 44.5 Å². The van der Waals surface area contributed by atoms with Gasteiger partial charge in [-0.15, -0.1) is 0 Å². The van der Waals surface area contributed by atoms with Gasteiger partial charge in [-0.1, -0.05) is 48.5 Å². The number of benzene rings is 2. The number of allylic oxidation sites excluding steroid dienone is 2. The standard InChI is InChI=1S/C27H36N4O2S/c1-22-20-29(2)21-26(28-22)23-14-17-31(18-15-23)19-16-27(24-10-6-4-7-11-24)30(3)34(32,33)25-12-8-5-9-13-25/h4-13,20-21,23,27-28H,14-19H2,1-3H3. The van der Waals surface area contributed by atoms with Crippen LogP contribution in [-0.4, -0.2) is 56.3 Å². The molecule has 1 fully saturated rings. The summed E-state index contributed by atoms with van der Waals surface area (Å²) in [6, 6.07) is 18.5. The summed E-state index contributed by atoms with van der Waals surface area (Å²) in [6.07, 6.45) is 7.26.